The highest BCUT2D eigenvalue weighted by Crippen LogP contribution is 2.46. The third-order valence-corrected chi connectivity index (χ3v) is 9.97. The molecule has 2 N–H and O–H groups in total. The predicted molar refractivity (Wildman–Crippen MR) is 133 cm³/mol. The monoisotopic (exact) mass is 519 g/mol. The van der Waals surface area contributed by atoms with Crippen molar-refractivity contribution in [1.29, 1.82) is 0 Å². The van der Waals surface area contributed by atoms with Crippen LogP contribution < -0.4 is 14.9 Å². The predicted octanol–water partition coefficient (Wildman–Crippen LogP) is 2.25. The molecule has 2 aromatic carbocycles. The zero-order chi connectivity index (χ0) is 25.8. The number of anilines is 2. The van der Waals surface area contributed by atoms with Crippen LogP contribution in [0, 0.1) is 0 Å². The van der Waals surface area contributed by atoms with Crippen molar-refractivity contribution < 1.29 is 26.4 Å². The van der Waals surface area contributed by atoms with Crippen LogP contribution >= 0.6 is 0 Å². The fourth-order valence-electron chi connectivity index (χ4n) is 4.50. The van der Waals surface area contributed by atoms with Crippen molar-refractivity contribution in [3.05, 3.63) is 53.6 Å². The number of rotatable bonds is 5. The fraction of sp³-hybridized carbons (Fsp3) is 0.417. The van der Waals surface area contributed by atoms with Gasteiger partial charge in [-0.1, -0.05) is 6.07 Å². The molecule has 1 fully saturated rings. The molecule has 0 aliphatic carbocycles. The van der Waals surface area contributed by atoms with E-state index in [-0.39, 0.29) is 28.2 Å². The lowest BCUT2D eigenvalue weighted by Gasteiger charge is -2.34. The highest BCUT2D eigenvalue weighted by molar-refractivity contribution is 7.91. The Balaban J connectivity index is 1.67. The van der Waals surface area contributed by atoms with Crippen LogP contribution in [0.15, 0.2) is 47.4 Å². The molecule has 0 saturated carbocycles. The van der Waals surface area contributed by atoms with Gasteiger partial charge in [0, 0.05) is 11.1 Å². The van der Waals surface area contributed by atoms with Gasteiger partial charge in [-0.15, -0.1) is 0 Å². The topological polar surface area (TPSA) is 130 Å². The molecule has 0 radical (unpaired) electrons. The highest BCUT2D eigenvalue weighted by Gasteiger charge is 2.45. The number of sulfone groups is 1. The summed E-state index contributed by atoms with van der Waals surface area (Å²) < 4.78 is 50.4. The van der Waals surface area contributed by atoms with Gasteiger partial charge in [0.15, 0.2) is 0 Å². The fourth-order valence-corrected chi connectivity index (χ4v) is 7.00. The number of hydrogen-bond donors (Lipinski definition) is 2. The number of carbonyl (C=O) groups is 2. The van der Waals surface area contributed by atoms with E-state index in [1.54, 1.807) is 44.2 Å². The Bertz CT molecular complexity index is 1420. The van der Waals surface area contributed by atoms with Gasteiger partial charge in [0.25, 0.3) is 5.91 Å². The van der Waals surface area contributed by atoms with E-state index in [1.165, 1.54) is 24.1 Å². The van der Waals surface area contributed by atoms with Crippen molar-refractivity contribution in [3.8, 4) is 0 Å². The molecule has 2 aromatic rings. The summed E-state index contributed by atoms with van der Waals surface area (Å²) in [7, 11) is -5.44. The molecular formula is C24H29N3O6S2. The quantitative estimate of drug-likeness (QED) is 0.623. The SMILES string of the molecule is CNS(=O)(=O)c1cccc(N2C(=O)C(C)(C)c3cc(C(=O)NC4(C)CCS(=O)(=O)CC4)ccc32)c1. The molecule has 0 aromatic heterocycles. The van der Waals surface area contributed by atoms with Crippen molar-refractivity contribution in [2.24, 2.45) is 0 Å². The second kappa shape index (κ2) is 8.42. The number of hydrogen-bond acceptors (Lipinski definition) is 6. The van der Waals surface area contributed by atoms with Crippen LogP contribution in [-0.2, 0) is 30.1 Å². The molecule has 0 bridgehead atoms. The van der Waals surface area contributed by atoms with Crippen molar-refractivity contribution in [2.75, 3.05) is 23.5 Å². The Morgan fingerprint density at radius 2 is 1.69 bits per heavy atom. The molecule has 0 spiro atoms. The average molecular weight is 520 g/mol. The zero-order valence-corrected chi connectivity index (χ0v) is 21.7. The molecule has 2 aliphatic rings. The molecule has 11 heteroatoms. The first kappa shape index (κ1) is 25.3. The number of sulfonamides is 1. The van der Waals surface area contributed by atoms with E-state index in [4.69, 9.17) is 0 Å². The Morgan fingerprint density at radius 3 is 2.31 bits per heavy atom. The first-order chi connectivity index (χ1) is 16.2. The lowest BCUT2D eigenvalue weighted by atomic mass is 9.85. The molecule has 2 heterocycles. The van der Waals surface area contributed by atoms with Crippen molar-refractivity contribution in [3.63, 3.8) is 0 Å². The molecule has 0 atom stereocenters. The van der Waals surface area contributed by atoms with E-state index in [1.807, 2.05) is 6.92 Å². The highest BCUT2D eigenvalue weighted by atomic mass is 32.2. The summed E-state index contributed by atoms with van der Waals surface area (Å²) in [4.78, 5) is 28.0. The normalized spacial score (nSPS) is 20.3. The van der Waals surface area contributed by atoms with Crippen molar-refractivity contribution in [1.82, 2.24) is 10.0 Å². The van der Waals surface area contributed by atoms with Crippen LogP contribution in [0.2, 0.25) is 0 Å². The first-order valence-corrected chi connectivity index (χ1v) is 14.6. The maximum atomic E-state index is 13.4. The minimum atomic E-state index is -3.70. The Labute approximate surface area is 205 Å². The lowest BCUT2D eigenvalue weighted by molar-refractivity contribution is -0.121. The van der Waals surface area contributed by atoms with Crippen LogP contribution in [0.5, 0.6) is 0 Å². The number of amides is 2. The summed E-state index contributed by atoms with van der Waals surface area (Å²) in [5.74, 6) is -0.508. The summed E-state index contributed by atoms with van der Waals surface area (Å²) in [6, 6.07) is 11.1. The van der Waals surface area contributed by atoms with Gasteiger partial charge in [0.2, 0.25) is 15.9 Å². The Kier molecular flexibility index (Phi) is 6.10. The van der Waals surface area contributed by atoms with Gasteiger partial charge in [0.05, 0.1) is 33.2 Å². The molecule has 0 unspecified atom stereocenters. The van der Waals surface area contributed by atoms with Crippen LogP contribution in [0.4, 0.5) is 11.4 Å². The van der Waals surface area contributed by atoms with E-state index in [0.29, 0.717) is 35.3 Å². The first-order valence-electron chi connectivity index (χ1n) is 11.2. The lowest BCUT2D eigenvalue weighted by Crippen LogP contribution is -2.50. The third kappa shape index (κ3) is 4.60. The smallest absolute Gasteiger partial charge is 0.251 e. The van der Waals surface area contributed by atoms with Gasteiger partial charge < -0.3 is 5.32 Å². The second-order valence-corrected chi connectivity index (χ2v) is 14.1. The largest absolute Gasteiger partial charge is 0.347 e. The molecule has 1 saturated heterocycles. The van der Waals surface area contributed by atoms with Gasteiger partial charge in [-0.05, 0) is 82.6 Å². The summed E-state index contributed by atoms with van der Waals surface area (Å²) >= 11 is 0. The van der Waals surface area contributed by atoms with Gasteiger partial charge >= 0.3 is 0 Å². The van der Waals surface area contributed by atoms with E-state index >= 15 is 0 Å². The molecular weight excluding hydrogens is 490 g/mol. The Morgan fingerprint density at radius 1 is 1.03 bits per heavy atom. The Hall–Kier alpha value is -2.76. The number of nitrogens with zero attached hydrogens (tertiary/aromatic N) is 1. The van der Waals surface area contributed by atoms with Crippen molar-refractivity contribution in [2.45, 2.75) is 49.5 Å². The molecule has 35 heavy (non-hydrogen) atoms. The molecule has 2 amide bonds. The molecule has 2 aliphatic heterocycles. The second-order valence-electron chi connectivity index (χ2n) is 9.87. The number of fused-ring (bicyclic) bond motifs is 1. The summed E-state index contributed by atoms with van der Waals surface area (Å²) in [6.45, 7) is 5.36. The molecule has 9 nitrogen and oxygen atoms in total. The minimum absolute atomic E-state index is 0.0345. The van der Waals surface area contributed by atoms with Crippen LogP contribution in [0.3, 0.4) is 0 Å². The van der Waals surface area contributed by atoms with Crippen LogP contribution in [0.25, 0.3) is 0 Å². The van der Waals surface area contributed by atoms with E-state index in [0.717, 1.165) is 0 Å². The van der Waals surface area contributed by atoms with Crippen LogP contribution in [-0.4, -0.2) is 52.7 Å². The summed E-state index contributed by atoms with van der Waals surface area (Å²) in [6.07, 6.45) is 0.686. The van der Waals surface area contributed by atoms with Gasteiger partial charge in [0.1, 0.15) is 9.84 Å². The van der Waals surface area contributed by atoms with E-state index in [2.05, 4.69) is 10.0 Å². The zero-order valence-electron chi connectivity index (χ0n) is 20.1. The maximum absolute atomic E-state index is 13.4. The molecule has 4 rings (SSSR count). The standard InChI is InChI=1S/C24H29N3O6S2/c1-23(2)19-14-16(21(28)26-24(3)10-12-34(30,31)13-11-24)8-9-20(19)27(22(23)29)17-6-5-7-18(15-17)35(32,33)25-4/h5-9,14-15,25H,10-13H2,1-4H3,(H,26,28). The number of carbonyl (C=O) groups excluding carboxylic acids is 2. The van der Waals surface area contributed by atoms with E-state index < -0.39 is 30.8 Å². The average Bonchev–Trinajstić information content (AvgIpc) is 3.01. The van der Waals surface area contributed by atoms with Gasteiger partial charge in [-0.25, -0.2) is 21.6 Å². The number of benzene rings is 2. The minimum Gasteiger partial charge on any atom is -0.347 e. The number of nitrogens with one attached hydrogen (secondary N) is 2. The molecule has 188 valence electrons. The summed E-state index contributed by atoms with van der Waals surface area (Å²) in [5.41, 5.74) is 0.419. The van der Waals surface area contributed by atoms with Crippen molar-refractivity contribution >= 4 is 43.0 Å². The van der Waals surface area contributed by atoms with E-state index in [9.17, 15) is 26.4 Å². The van der Waals surface area contributed by atoms with Gasteiger partial charge in [-0.3, -0.25) is 14.5 Å². The third-order valence-electron chi connectivity index (χ3n) is 6.91. The summed E-state index contributed by atoms with van der Waals surface area (Å²) in [5, 5.41) is 2.98. The maximum Gasteiger partial charge on any atom is 0.251 e. The van der Waals surface area contributed by atoms with Crippen LogP contribution in [0.1, 0.15) is 49.5 Å². The van der Waals surface area contributed by atoms with Gasteiger partial charge in [-0.2, -0.15) is 0 Å².